The van der Waals surface area contributed by atoms with Crippen LogP contribution in [0.15, 0.2) is 19.7 Å². The molecular weight excluding hydrogens is 390 g/mol. The molecule has 3 nitrogen and oxygen atoms in total. The van der Waals surface area contributed by atoms with Crippen molar-refractivity contribution >= 4 is 43.2 Å². The highest BCUT2D eigenvalue weighted by Gasteiger charge is 2.18. The van der Waals surface area contributed by atoms with Gasteiger partial charge in [-0.1, -0.05) is 6.92 Å². The van der Waals surface area contributed by atoms with Crippen LogP contribution in [-0.2, 0) is 19.4 Å². The fraction of sp³-hybridized carbons (Fsp3) is 0.462. The molecule has 2 N–H and O–H groups in total. The van der Waals surface area contributed by atoms with Crippen LogP contribution in [0.2, 0.25) is 0 Å². The van der Waals surface area contributed by atoms with Crippen molar-refractivity contribution in [1.82, 2.24) is 9.78 Å². The zero-order valence-corrected chi connectivity index (χ0v) is 15.0. The largest absolute Gasteiger partial charge is 0.324 e. The Balaban J connectivity index is 2.25. The van der Waals surface area contributed by atoms with Crippen molar-refractivity contribution in [3.05, 3.63) is 36.7 Å². The second kappa shape index (κ2) is 6.52. The molecule has 2 heterocycles. The standard InChI is InChI=1S/C13H17Br2N3S/c1-3-10-13(15)11(18(4-2)17-10)6-9(16)8-5-12(14)19-7-8/h5,7,9H,3-4,6,16H2,1-2H3. The molecule has 0 aliphatic carbocycles. The summed E-state index contributed by atoms with van der Waals surface area (Å²) in [5, 5.41) is 6.71. The molecule has 0 amide bonds. The van der Waals surface area contributed by atoms with Crippen molar-refractivity contribution < 1.29 is 0 Å². The lowest BCUT2D eigenvalue weighted by atomic mass is 10.1. The van der Waals surface area contributed by atoms with E-state index in [-0.39, 0.29) is 6.04 Å². The molecule has 0 spiro atoms. The van der Waals surface area contributed by atoms with Crippen LogP contribution in [0, 0.1) is 0 Å². The van der Waals surface area contributed by atoms with Crippen LogP contribution >= 0.6 is 43.2 Å². The van der Waals surface area contributed by atoms with E-state index in [1.165, 1.54) is 11.3 Å². The second-order valence-electron chi connectivity index (χ2n) is 4.37. The Bertz CT molecular complexity index is 562. The van der Waals surface area contributed by atoms with Crippen LogP contribution in [0.25, 0.3) is 0 Å². The molecule has 0 saturated heterocycles. The van der Waals surface area contributed by atoms with Crippen LogP contribution in [0.5, 0.6) is 0 Å². The lowest BCUT2D eigenvalue weighted by molar-refractivity contribution is 0.585. The van der Waals surface area contributed by atoms with Gasteiger partial charge in [0, 0.05) is 19.0 Å². The van der Waals surface area contributed by atoms with Gasteiger partial charge in [-0.25, -0.2) is 0 Å². The molecule has 1 atom stereocenters. The van der Waals surface area contributed by atoms with E-state index in [4.69, 9.17) is 5.73 Å². The number of nitrogens with two attached hydrogens (primary N) is 1. The Hall–Kier alpha value is -0.170. The van der Waals surface area contributed by atoms with E-state index < -0.39 is 0 Å². The number of nitrogens with zero attached hydrogens (tertiary/aromatic N) is 2. The van der Waals surface area contributed by atoms with Gasteiger partial charge in [-0.2, -0.15) is 5.10 Å². The second-order valence-corrected chi connectivity index (χ2v) is 7.45. The van der Waals surface area contributed by atoms with E-state index in [1.807, 2.05) is 4.68 Å². The number of rotatable bonds is 5. The molecule has 0 bridgehead atoms. The first kappa shape index (κ1) is 15.2. The third kappa shape index (κ3) is 3.29. The summed E-state index contributed by atoms with van der Waals surface area (Å²) >= 11 is 8.81. The molecule has 104 valence electrons. The Morgan fingerprint density at radius 2 is 2.16 bits per heavy atom. The molecule has 2 aromatic heterocycles. The maximum absolute atomic E-state index is 6.31. The molecular formula is C13H17Br2N3S. The quantitative estimate of drug-likeness (QED) is 0.804. The number of halogens is 2. The van der Waals surface area contributed by atoms with E-state index >= 15 is 0 Å². The van der Waals surface area contributed by atoms with Gasteiger partial charge in [0.05, 0.1) is 19.6 Å². The number of aryl methyl sites for hydroxylation is 2. The highest BCUT2D eigenvalue weighted by Crippen LogP contribution is 2.29. The summed E-state index contributed by atoms with van der Waals surface area (Å²) < 4.78 is 4.28. The SMILES string of the molecule is CCc1nn(CC)c(CC(N)c2csc(Br)c2)c1Br. The zero-order valence-electron chi connectivity index (χ0n) is 11.0. The van der Waals surface area contributed by atoms with Gasteiger partial charge in [0.1, 0.15) is 0 Å². The van der Waals surface area contributed by atoms with Crippen LogP contribution in [0.3, 0.4) is 0 Å². The molecule has 6 heteroatoms. The predicted octanol–water partition coefficient (Wildman–Crippen LogP) is 4.29. The van der Waals surface area contributed by atoms with E-state index in [9.17, 15) is 0 Å². The van der Waals surface area contributed by atoms with E-state index in [2.05, 4.69) is 62.3 Å². The number of thiophene rings is 1. The molecule has 0 fully saturated rings. The summed E-state index contributed by atoms with van der Waals surface area (Å²) in [5.41, 5.74) is 9.78. The summed E-state index contributed by atoms with van der Waals surface area (Å²) in [6.45, 7) is 5.09. The molecule has 2 aromatic rings. The van der Waals surface area contributed by atoms with E-state index in [0.717, 1.165) is 33.3 Å². The van der Waals surface area contributed by atoms with E-state index in [1.54, 1.807) is 11.3 Å². The van der Waals surface area contributed by atoms with Gasteiger partial charge in [0.15, 0.2) is 0 Å². The number of aromatic nitrogens is 2. The average Bonchev–Trinajstić information content (AvgIpc) is 2.95. The normalized spacial score (nSPS) is 12.9. The van der Waals surface area contributed by atoms with E-state index in [0.29, 0.717) is 0 Å². The van der Waals surface area contributed by atoms with Gasteiger partial charge < -0.3 is 5.73 Å². The Labute approximate surface area is 134 Å². The first-order valence-electron chi connectivity index (χ1n) is 6.30. The minimum atomic E-state index is 0.00514. The molecule has 0 saturated carbocycles. The first-order chi connectivity index (χ1) is 9.06. The van der Waals surface area contributed by atoms with Crippen LogP contribution < -0.4 is 5.73 Å². The minimum Gasteiger partial charge on any atom is -0.324 e. The summed E-state index contributed by atoms with van der Waals surface area (Å²) in [4.78, 5) is 0. The molecule has 0 radical (unpaired) electrons. The van der Waals surface area contributed by atoms with Crippen molar-refractivity contribution in [1.29, 1.82) is 0 Å². The third-order valence-corrected chi connectivity index (χ3v) is 5.56. The number of hydrogen-bond donors (Lipinski definition) is 1. The Kier molecular flexibility index (Phi) is 5.22. The van der Waals surface area contributed by atoms with Crippen LogP contribution in [0.1, 0.15) is 36.8 Å². The maximum atomic E-state index is 6.31. The van der Waals surface area contributed by atoms with Gasteiger partial charge in [-0.3, -0.25) is 4.68 Å². The summed E-state index contributed by atoms with van der Waals surface area (Å²) in [6, 6.07) is 2.10. The van der Waals surface area contributed by atoms with Crippen molar-refractivity contribution in [3.63, 3.8) is 0 Å². The molecule has 0 aromatic carbocycles. The monoisotopic (exact) mass is 405 g/mol. The maximum Gasteiger partial charge on any atom is 0.0766 e. The lowest BCUT2D eigenvalue weighted by Crippen LogP contribution is -2.15. The van der Waals surface area contributed by atoms with Gasteiger partial charge in [0.25, 0.3) is 0 Å². The van der Waals surface area contributed by atoms with Crippen molar-refractivity contribution in [2.75, 3.05) is 0 Å². The number of hydrogen-bond acceptors (Lipinski definition) is 3. The zero-order chi connectivity index (χ0) is 14.0. The summed E-state index contributed by atoms with van der Waals surface area (Å²) in [7, 11) is 0. The predicted molar refractivity (Wildman–Crippen MR) is 87.6 cm³/mol. The molecule has 0 aliphatic rings. The van der Waals surface area contributed by atoms with Gasteiger partial charge in [-0.05, 0) is 62.2 Å². The minimum absolute atomic E-state index is 0.00514. The smallest absolute Gasteiger partial charge is 0.0766 e. The molecule has 2 rings (SSSR count). The summed E-state index contributed by atoms with van der Waals surface area (Å²) in [5.74, 6) is 0. The fourth-order valence-electron chi connectivity index (χ4n) is 2.06. The van der Waals surface area contributed by atoms with Crippen LogP contribution in [-0.4, -0.2) is 9.78 Å². The highest BCUT2D eigenvalue weighted by molar-refractivity contribution is 9.11. The molecule has 0 aliphatic heterocycles. The van der Waals surface area contributed by atoms with Crippen LogP contribution in [0.4, 0.5) is 0 Å². The first-order valence-corrected chi connectivity index (χ1v) is 8.76. The van der Waals surface area contributed by atoms with Crippen molar-refractivity contribution in [3.8, 4) is 0 Å². The highest BCUT2D eigenvalue weighted by atomic mass is 79.9. The summed E-state index contributed by atoms with van der Waals surface area (Å²) in [6.07, 6.45) is 1.73. The fourth-order valence-corrected chi connectivity index (χ4v) is 4.02. The van der Waals surface area contributed by atoms with Crippen molar-refractivity contribution in [2.24, 2.45) is 5.73 Å². The van der Waals surface area contributed by atoms with Crippen molar-refractivity contribution in [2.45, 2.75) is 39.3 Å². The molecule has 19 heavy (non-hydrogen) atoms. The van der Waals surface area contributed by atoms with Gasteiger partial charge in [-0.15, -0.1) is 11.3 Å². The Morgan fingerprint density at radius 3 is 2.68 bits per heavy atom. The average molecular weight is 407 g/mol. The lowest BCUT2D eigenvalue weighted by Gasteiger charge is -2.11. The van der Waals surface area contributed by atoms with Gasteiger partial charge in [0.2, 0.25) is 0 Å². The topological polar surface area (TPSA) is 43.8 Å². The Morgan fingerprint density at radius 1 is 1.42 bits per heavy atom. The van der Waals surface area contributed by atoms with Gasteiger partial charge >= 0.3 is 0 Å². The third-order valence-electron chi connectivity index (χ3n) is 3.12. The molecule has 1 unspecified atom stereocenters.